The third-order valence-corrected chi connectivity index (χ3v) is 1.64. The first-order chi connectivity index (χ1) is 7.00. The predicted octanol–water partition coefficient (Wildman–Crippen LogP) is 1.25. The Balaban J connectivity index is 2.83. The van der Waals surface area contributed by atoms with Crippen LogP contribution in [0, 0.1) is 5.82 Å². The molecule has 0 bridgehead atoms. The van der Waals surface area contributed by atoms with Crippen LogP contribution in [0.1, 0.15) is 6.92 Å². The second kappa shape index (κ2) is 4.54. The van der Waals surface area contributed by atoms with Gasteiger partial charge in [0.2, 0.25) is 0 Å². The minimum atomic E-state index is -1.59. The van der Waals surface area contributed by atoms with Crippen molar-refractivity contribution in [3.63, 3.8) is 0 Å². The minimum absolute atomic E-state index is 0.0117. The van der Waals surface area contributed by atoms with Crippen molar-refractivity contribution in [3.05, 3.63) is 30.1 Å². The normalized spacial score (nSPS) is 11.9. The van der Waals surface area contributed by atoms with Crippen LogP contribution in [0.25, 0.3) is 0 Å². The molecule has 1 N–H and O–H groups in total. The first-order valence-corrected chi connectivity index (χ1v) is 4.16. The molecule has 15 heavy (non-hydrogen) atoms. The number of rotatable bonds is 4. The zero-order valence-electron chi connectivity index (χ0n) is 7.94. The van der Waals surface area contributed by atoms with Crippen LogP contribution < -0.4 is 4.74 Å². The summed E-state index contributed by atoms with van der Waals surface area (Å²) < 4.78 is 17.5. The topological polar surface area (TPSA) is 63.6 Å². The Morgan fingerprint density at radius 1 is 1.47 bits per heavy atom. The third kappa shape index (κ3) is 3.05. The maximum absolute atomic E-state index is 12.7. The minimum Gasteiger partial charge on any atom is -0.478 e. The number of carboxylic acids is 1. The summed E-state index contributed by atoms with van der Waals surface area (Å²) in [6.07, 6.45) is -1.59. The van der Waals surface area contributed by atoms with Gasteiger partial charge < -0.3 is 9.84 Å². The van der Waals surface area contributed by atoms with E-state index in [1.54, 1.807) is 0 Å². The number of benzene rings is 1. The molecule has 0 saturated heterocycles. The zero-order chi connectivity index (χ0) is 11.4. The summed E-state index contributed by atoms with van der Waals surface area (Å²) in [6, 6.07) is 4.95. The summed E-state index contributed by atoms with van der Waals surface area (Å²) in [7, 11) is 0. The first kappa shape index (κ1) is 11.2. The molecule has 0 spiro atoms. The predicted molar refractivity (Wildman–Crippen MR) is 49.1 cm³/mol. The van der Waals surface area contributed by atoms with Crippen LogP contribution in [0.5, 0.6) is 5.75 Å². The second-order valence-electron chi connectivity index (χ2n) is 2.90. The monoisotopic (exact) mass is 212 g/mol. The number of ketones is 1. The molecule has 1 aromatic rings. The van der Waals surface area contributed by atoms with Gasteiger partial charge in [0.15, 0.2) is 5.78 Å². The molecule has 1 aromatic carbocycles. The summed E-state index contributed by atoms with van der Waals surface area (Å²) in [6.45, 7) is 1.10. The maximum Gasteiger partial charge on any atom is 0.352 e. The van der Waals surface area contributed by atoms with Crippen LogP contribution in [-0.4, -0.2) is 23.0 Å². The summed E-state index contributed by atoms with van der Waals surface area (Å²) in [5, 5.41) is 8.63. The molecule has 1 unspecified atom stereocenters. The van der Waals surface area contributed by atoms with Crippen molar-refractivity contribution in [1.82, 2.24) is 0 Å². The molecule has 5 heteroatoms. The van der Waals surface area contributed by atoms with Crippen molar-refractivity contribution in [3.8, 4) is 5.75 Å². The quantitative estimate of drug-likeness (QED) is 0.763. The molecule has 0 aliphatic rings. The van der Waals surface area contributed by atoms with Gasteiger partial charge in [-0.1, -0.05) is 6.07 Å². The van der Waals surface area contributed by atoms with Gasteiger partial charge in [-0.3, -0.25) is 4.79 Å². The number of hydrogen-bond donors (Lipinski definition) is 1. The molecule has 0 aliphatic carbocycles. The molecular formula is C10H9FO4. The van der Waals surface area contributed by atoms with E-state index < -0.39 is 23.7 Å². The van der Waals surface area contributed by atoms with Crippen molar-refractivity contribution in [2.75, 3.05) is 0 Å². The van der Waals surface area contributed by atoms with Gasteiger partial charge in [0, 0.05) is 6.07 Å². The fraction of sp³-hybridized carbons (Fsp3) is 0.200. The number of carbonyl (C=O) groups excluding carboxylic acids is 1. The Hall–Kier alpha value is -1.91. The molecular weight excluding hydrogens is 203 g/mol. The van der Waals surface area contributed by atoms with Crippen LogP contribution in [0.2, 0.25) is 0 Å². The van der Waals surface area contributed by atoms with Crippen molar-refractivity contribution >= 4 is 11.8 Å². The molecule has 0 heterocycles. The van der Waals surface area contributed by atoms with Crippen LogP contribution in [-0.2, 0) is 9.59 Å². The van der Waals surface area contributed by atoms with E-state index in [0.29, 0.717) is 0 Å². The van der Waals surface area contributed by atoms with Gasteiger partial charge in [-0.25, -0.2) is 9.18 Å². The van der Waals surface area contributed by atoms with Gasteiger partial charge in [0.05, 0.1) is 0 Å². The van der Waals surface area contributed by atoms with Crippen LogP contribution in [0.3, 0.4) is 0 Å². The van der Waals surface area contributed by atoms with Gasteiger partial charge in [0.1, 0.15) is 11.6 Å². The lowest BCUT2D eigenvalue weighted by Crippen LogP contribution is -2.33. The molecule has 0 aromatic heterocycles. The fourth-order valence-electron chi connectivity index (χ4n) is 0.984. The Labute approximate surface area is 85.3 Å². The van der Waals surface area contributed by atoms with Gasteiger partial charge in [0.25, 0.3) is 6.10 Å². The highest BCUT2D eigenvalue weighted by Gasteiger charge is 2.24. The lowest BCUT2D eigenvalue weighted by Gasteiger charge is -2.11. The van der Waals surface area contributed by atoms with Crippen molar-refractivity contribution in [2.24, 2.45) is 0 Å². The SMILES string of the molecule is CC(=O)C(Oc1cccc(F)c1)C(=O)O. The average molecular weight is 212 g/mol. The highest BCUT2D eigenvalue weighted by Crippen LogP contribution is 2.14. The molecule has 0 saturated carbocycles. The summed E-state index contributed by atoms with van der Waals surface area (Å²) in [5.74, 6) is -2.59. The molecule has 1 rings (SSSR count). The fourth-order valence-corrected chi connectivity index (χ4v) is 0.984. The highest BCUT2D eigenvalue weighted by molar-refractivity contribution is 6.00. The molecule has 80 valence electrons. The Morgan fingerprint density at radius 2 is 2.13 bits per heavy atom. The summed E-state index contributed by atoms with van der Waals surface area (Å²) in [5.41, 5.74) is 0. The first-order valence-electron chi connectivity index (χ1n) is 4.16. The Kier molecular flexibility index (Phi) is 3.38. The molecule has 1 atom stereocenters. The zero-order valence-corrected chi connectivity index (χ0v) is 7.94. The third-order valence-electron chi connectivity index (χ3n) is 1.64. The average Bonchev–Trinajstić information content (AvgIpc) is 2.13. The van der Waals surface area contributed by atoms with E-state index in [0.717, 1.165) is 13.0 Å². The van der Waals surface area contributed by atoms with E-state index in [1.807, 2.05) is 0 Å². The number of carbonyl (C=O) groups is 2. The van der Waals surface area contributed by atoms with E-state index in [4.69, 9.17) is 9.84 Å². The van der Waals surface area contributed by atoms with Crippen molar-refractivity contribution in [1.29, 1.82) is 0 Å². The second-order valence-corrected chi connectivity index (χ2v) is 2.90. The van der Waals surface area contributed by atoms with E-state index in [2.05, 4.69) is 0 Å². The van der Waals surface area contributed by atoms with Gasteiger partial charge in [-0.15, -0.1) is 0 Å². The highest BCUT2D eigenvalue weighted by atomic mass is 19.1. The van der Waals surface area contributed by atoms with E-state index in [9.17, 15) is 14.0 Å². The van der Waals surface area contributed by atoms with Gasteiger partial charge >= 0.3 is 5.97 Å². The smallest absolute Gasteiger partial charge is 0.352 e. The number of ether oxygens (including phenoxy) is 1. The van der Waals surface area contributed by atoms with Crippen LogP contribution in [0.15, 0.2) is 24.3 Å². The number of carboxylic acid groups (broad SMARTS) is 1. The molecule has 0 amide bonds. The number of Topliss-reactive ketones (excluding diaryl/α,β-unsaturated/α-hetero) is 1. The number of hydrogen-bond acceptors (Lipinski definition) is 3. The van der Waals surface area contributed by atoms with Crippen molar-refractivity contribution in [2.45, 2.75) is 13.0 Å². The lowest BCUT2D eigenvalue weighted by molar-refractivity contribution is -0.149. The number of aliphatic carboxylic acids is 1. The number of halogens is 1. The van der Waals surface area contributed by atoms with Gasteiger partial charge in [-0.2, -0.15) is 0 Å². The summed E-state index contributed by atoms with van der Waals surface area (Å²) in [4.78, 5) is 21.5. The molecule has 4 nitrogen and oxygen atoms in total. The standard InChI is InChI=1S/C10H9FO4/c1-6(12)9(10(13)14)15-8-4-2-3-7(11)5-8/h2-5,9H,1H3,(H,13,14). The van der Waals surface area contributed by atoms with E-state index in [1.165, 1.54) is 18.2 Å². The van der Waals surface area contributed by atoms with E-state index >= 15 is 0 Å². The van der Waals surface area contributed by atoms with Crippen LogP contribution >= 0.6 is 0 Å². The van der Waals surface area contributed by atoms with E-state index in [-0.39, 0.29) is 5.75 Å². The van der Waals surface area contributed by atoms with Crippen LogP contribution in [0.4, 0.5) is 4.39 Å². The Bertz CT molecular complexity index is 375. The van der Waals surface area contributed by atoms with Gasteiger partial charge in [-0.05, 0) is 19.1 Å². The summed E-state index contributed by atoms with van der Waals surface area (Å²) >= 11 is 0. The Morgan fingerprint density at radius 3 is 2.60 bits per heavy atom. The lowest BCUT2D eigenvalue weighted by atomic mass is 10.2. The molecule has 0 aliphatic heterocycles. The maximum atomic E-state index is 12.7. The van der Waals surface area contributed by atoms with Crippen molar-refractivity contribution < 1.29 is 23.8 Å². The molecule has 0 fully saturated rings. The molecule has 0 radical (unpaired) electrons. The largest absolute Gasteiger partial charge is 0.478 e.